The minimum Gasteiger partial charge on any atom is -0.486 e. The highest BCUT2D eigenvalue weighted by atomic mass is 19.4. The van der Waals surface area contributed by atoms with Crippen LogP contribution in [-0.4, -0.2) is 40.2 Å². The molecular formula is C27H30F3N3O4. The van der Waals surface area contributed by atoms with E-state index in [4.69, 9.17) is 4.74 Å². The summed E-state index contributed by atoms with van der Waals surface area (Å²) >= 11 is 0. The van der Waals surface area contributed by atoms with E-state index in [0.29, 0.717) is 48.3 Å². The van der Waals surface area contributed by atoms with Crippen molar-refractivity contribution < 1.29 is 32.6 Å². The fourth-order valence-corrected chi connectivity index (χ4v) is 4.72. The predicted molar refractivity (Wildman–Crippen MR) is 134 cm³/mol. The Morgan fingerprint density at radius 1 is 1.24 bits per heavy atom. The number of ether oxygens (including phenoxy) is 1. The van der Waals surface area contributed by atoms with Crippen molar-refractivity contribution in [1.29, 1.82) is 0 Å². The van der Waals surface area contributed by atoms with Crippen LogP contribution < -0.4 is 15.4 Å². The molecule has 0 spiro atoms. The van der Waals surface area contributed by atoms with E-state index in [2.05, 4.69) is 10.6 Å². The van der Waals surface area contributed by atoms with Crippen LogP contribution in [0, 0.1) is 0 Å². The van der Waals surface area contributed by atoms with Gasteiger partial charge in [0.1, 0.15) is 11.4 Å². The highest BCUT2D eigenvalue weighted by molar-refractivity contribution is 6.05. The summed E-state index contributed by atoms with van der Waals surface area (Å²) in [6.07, 6.45) is -2.26. The molecule has 1 atom stereocenters. The molecule has 0 aliphatic carbocycles. The normalized spacial score (nSPS) is 18.4. The molecule has 10 heteroatoms. The number of rotatable bonds is 6. The number of β-amino-alcohol motifs (C(OH)–C–C–N with tert-alkyl or cyclic N) is 1. The lowest BCUT2D eigenvalue weighted by molar-refractivity contribution is -0.137. The lowest BCUT2D eigenvalue weighted by Crippen LogP contribution is -2.42. The molecule has 0 unspecified atom stereocenters. The van der Waals surface area contributed by atoms with Crippen molar-refractivity contribution in [3.63, 3.8) is 0 Å². The van der Waals surface area contributed by atoms with Crippen LogP contribution in [0.4, 0.5) is 29.3 Å². The van der Waals surface area contributed by atoms with Gasteiger partial charge in [-0.05, 0) is 55.2 Å². The van der Waals surface area contributed by atoms with E-state index < -0.39 is 29.4 Å². The molecule has 0 aromatic heterocycles. The Morgan fingerprint density at radius 2 is 1.97 bits per heavy atom. The van der Waals surface area contributed by atoms with E-state index in [9.17, 15) is 27.9 Å². The van der Waals surface area contributed by atoms with Crippen LogP contribution in [0.2, 0.25) is 0 Å². The van der Waals surface area contributed by atoms with E-state index in [0.717, 1.165) is 17.7 Å². The number of carbonyl (C=O) groups is 2. The molecule has 3 amide bonds. The lowest BCUT2D eigenvalue weighted by atomic mass is 9.83. The molecule has 0 saturated heterocycles. The maximum atomic E-state index is 13.3. The number of amides is 3. The molecule has 0 saturated carbocycles. The van der Waals surface area contributed by atoms with Gasteiger partial charge in [0.2, 0.25) is 5.91 Å². The molecule has 2 aromatic rings. The summed E-state index contributed by atoms with van der Waals surface area (Å²) < 4.78 is 46.0. The topological polar surface area (TPSA) is 90.9 Å². The monoisotopic (exact) mass is 517 g/mol. The standard InChI is InChI=1S/C27H30F3N3O4/c1-4-26(5-2)13-18(21-9-7-19(27(28,29)30)11-23(21)37-26)10-24(35)31-20-8-6-17-15-33(14-16(3)34)25(36)32-22(17)12-20/h6-12,16,34H,4-5,13-15H2,1-3H3,(H,31,35)(H,32,36)/b18-10+/t16-/m0/s1. The van der Waals surface area contributed by atoms with Crippen LogP contribution in [0.15, 0.2) is 42.5 Å². The summed E-state index contributed by atoms with van der Waals surface area (Å²) in [7, 11) is 0. The molecule has 2 heterocycles. The van der Waals surface area contributed by atoms with E-state index in [1.807, 2.05) is 13.8 Å². The summed E-state index contributed by atoms with van der Waals surface area (Å²) in [6, 6.07) is 8.14. The van der Waals surface area contributed by atoms with Crippen LogP contribution in [0.5, 0.6) is 5.75 Å². The molecule has 7 nitrogen and oxygen atoms in total. The number of halogens is 3. The number of hydrogen-bond donors (Lipinski definition) is 3. The van der Waals surface area contributed by atoms with Gasteiger partial charge in [0, 0.05) is 42.5 Å². The zero-order valence-corrected chi connectivity index (χ0v) is 20.9. The van der Waals surface area contributed by atoms with Gasteiger partial charge < -0.3 is 25.4 Å². The number of urea groups is 1. The van der Waals surface area contributed by atoms with Gasteiger partial charge in [-0.3, -0.25) is 4.79 Å². The summed E-state index contributed by atoms with van der Waals surface area (Å²) in [5.41, 5.74) is 1.39. The fraction of sp³-hybridized carbons (Fsp3) is 0.407. The number of nitrogens with zero attached hydrogens (tertiary/aromatic N) is 1. The van der Waals surface area contributed by atoms with Crippen molar-refractivity contribution >= 4 is 28.9 Å². The summed E-state index contributed by atoms with van der Waals surface area (Å²) in [6.45, 7) is 5.95. The van der Waals surface area contributed by atoms with Gasteiger partial charge in [-0.1, -0.05) is 26.0 Å². The second-order valence-corrected chi connectivity index (χ2v) is 9.57. The number of aliphatic hydroxyl groups is 1. The maximum Gasteiger partial charge on any atom is 0.416 e. The van der Waals surface area contributed by atoms with Crippen molar-refractivity contribution in [2.75, 3.05) is 17.2 Å². The van der Waals surface area contributed by atoms with Crippen LogP contribution in [0.25, 0.3) is 5.57 Å². The maximum absolute atomic E-state index is 13.3. The van der Waals surface area contributed by atoms with Gasteiger partial charge in [-0.25, -0.2) is 4.79 Å². The third-order valence-corrected chi connectivity index (χ3v) is 6.84. The van der Waals surface area contributed by atoms with E-state index in [-0.39, 0.29) is 18.3 Å². The number of nitrogens with one attached hydrogen (secondary N) is 2. The number of carbonyl (C=O) groups excluding carboxylic acids is 2. The smallest absolute Gasteiger partial charge is 0.416 e. The van der Waals surface area contributed by atoms with Gasteiger partial charge >= 0.3 is 12.2 Å². The lowest BCUT2D eigenvalue weighted by Gasteiger charge is -2.39. The minimum atomic E-state index is -4.51. The molecule has 2 aromatic carbocycles. The van der Waals surface area contributed by atoms with Gasteiger partial charge in [0.25, 0.3) is 0 Å². The van der Waals surface area contributed by atoms with Crippen molar-refractivity contribution in [2.24, 2.45) is 0 Å². The summed E-state index contributed by atoms with van der Waals surface area (Å²) in [4.78, 5) is 26.8. The first-order chi connectivity index (χ1) is 17.4. The Hall–Kier alpha value is -3.53. The number of anilines is 2. The Morgan fingerprint density at radius 3 is 2.62 bits per heavy atom. The first-order valence-corrected chi connectivity index (χ1v) is 12.2. The largest absolute Gasteiger partial charge is 0.486 e. The average Bonchev–Trinajstić information content (AvgIpc) is 2.83. The zero-order chi connectivity index (χ0) is 27.0. The van der Waals surface area contributed by atoms with E-state index in [1.54, 1.807) is 25.1 Å². The molecule has 4 rings (SSSR count). The van der Waals surface area contributed by atoms with Gasteiger partial charge in [-0.15, -0.1) is 0 Å². The molecular weight excluding hydrogens is 487 g/mol. The van der Waals surface area contributed by atoms with Crippen molar-refractivity contribution in [3.8, 4) is 5.75 Å². The highest BCUT2D eigenvalue weighted by Crippen LogP contribution is 2.45. The fourth-order valence-electron chi connectivity index (χ4n) is 4.72. The molecule has 3 N–H and O–H groups in total. The average molecular weight is 518 g/mol. The first kappa shape index (κ1) is 26.5. The van der Waals surface area contributed by atoms with Crippen LogP contribution in [0.3, 0.4) is 0 Å². The minimum absolute atomic E-state index is 0.113. The highest BCUT2D eigenvalue weighted by Gasteiger charge is 2.38. The Kier molecular flexibility index (Phi) is 7.23. The van der Waals surface area contributed by atoms with Crippen LogP contribution in [-0.2, 0) is 17.5 Å². The molecule has 0 bridgehead atoms. The summed E-state index contributed by atoms with van der Waals surface area (Å²) in [5, 5.41) is 15.1. The third kappa shape index (κ3) is 5.74. The van der Waals surface area contributed by atoms with Crippen molar-refractivity contribution in [3.05, 3.63) is 59.2 Å². The number of hydrogen-bond acceptors (Lipinski definition) is 4. The van der Waals surface area contributed by atoms with Gasteiger partial charge in [0.15, 0.2) is 0 Å². The molecule has 2 aliphatic rings. The molecule has 2 aliphatic heterocycles. The SMILES string of the molecule is CCC1(CC)C/C(=C\C(=O)Nc2ccc3c(c2)NC(=O)N(C[C@H](C)O)C3)c2ccc(C(F)(F)F)cc2O1. The number of fused-ring (bicyclic) bond motifs is 2. The molecule has 0 fully saturated rings. The number of benzene rings is 2. The Balaban J connectivity index is 1.58. The second kappa shape index (κ2) is 10.1. The quantitative estimate of drug-likeness (QED) is 0.423. The Labute approximate surface area is 213 Å². The Bertz CT molecular complexity index is 1240. The van der Waals surface area contributed by atoms with Crippen molar-refractivity contribution in [2.45, 2.75) is 64.5 Å². The van der Waals surface area contributed by atoms with Crippen LogP contribution >= 0.6 is 0 Å². The molecule has 198 valence electrons. The van der Waals surface area contributed by atoms with E-state index >= 15 is 0 Å². The van der Waals surface area contributed by atoms with Gasteiger partial charge in [-0.2, -0.15) is 13.2 Å². The van der Waals surface area contributed by atoms with Crippen LogP contribution in [0.1, 0.15) is 56.7 Å². The first-order valence-electron chi connectivity index (χ1n) is 12.2. The second-order valence-electron chi connectivity index (χ2n) is 9.57. The number of aliphatic hydroxyl groups excluding tert-OH is 1. The van der Waals surface area contributed by atoms with Crippen molar-refractivity contribution in [1.82, 2.24) is 4.90 Å². The predicted octanol–water partition coefficient (Wildman–Crippen LogP) is 5.80. The van der Waals surface area contributed by atoms with Gasteiger partial charge in [0.05, 0.1) is 11.7 Å². The molecule has 0 radical (unpaired) electrons. The molecule has 37 heavy (non-hydrogen) atoms. The zero-order valence-electron chi connectivity index (χ0n) is 20.9. The third-order valence-electron chi connectivity index (χ3n) is 6.84. The summed E-state index contributed by atoms with van der Waals surface area (Å²) in [5.74, 6) is -0.330. The number of alkyl halides is 3. The van der Waals surface area contributed by atoms with E-state index in [1.165, 1.54) is 17.0 Å².